The molecular formula is C15H23ClN2O2. The summed E-state index contributed by atoms with van der Waals surface area (Å²) in [7, 11) is 0. The SMILES string of the molecule is CCOc1ccc(NC(=O)C(CN)CC(C)C)cc1Cl. The average Bonchev–Trinajstić information content (AvgIpc) is 2.39. The molecule has 1 aromatic carbocycles. The van der Waals surface area contributed by atoms with Crippen molar-refractivity contribution in [2.75, 3.05) is 18.5 Å². The lowest BCUT2D eigenvalue weighted by molar-refractivity contribution is -0.120. The predicted octanol–water partition coefficient (Wildman–Crippen LogP) is 3.30. The number of hydrogen-bond acceptors (Lipinski definition) is 3. The van der Waals surface area contributed by atoms with Gasteiger partial charge in [-0.25, -0.2) is 0 Å². The summed E-state index contributed by atoms with van der Waals surface area (Å²) in [6, 6.07) is 5.21. The minimum Gasteiger partial charge on any atom is -0.492 e. The van der Waals surface area contributed by atoms with Gasteiger partial charge in [-0.1, -0.05) is 25.4 Å². The smallest absolute Gasteiger partial charge is 0.228 e. The van der Waals surface area contributed by atoms with Gasteiger partial charge in [-0.3, -0.25) is 4.79 Å². The standard InChI is InChI=1S/C15H23ClN2O2/c1-4-20-14-6-5-12(8-13(14)16)18-15(19)11(9-17)7-10(2)3/h5-6,8,10-11H,4,7,9,17H2,1-3H3,(H,18,19). The van der Waals surface area contributed by atoms with E-state index in [9.17, 15) is 4.79 Å². The van der Waals surface area contributed by atoms with Crippen LogP contribution in [0.3, 0.4) is 0 Å². The molecule has 0 aliphatic heterocycles. The fourth-order valence-corrected chi connectivity index (χ4v) is 2.21. The van der Waals surface area contributed by atoms with E-state index in [0.29, 0.717) is 35.5 Å². The summed E-state index contributed by atoms with van der Waals surface area (Å²) in [5.74, 6) is 0.796. The number of halogens is 1. The number of benzene rings is 1. The molecule has 0 aliphatic rings. The van der Waals surface area contributed by atoms with Crippen LogP contribution in [0.5, 0.6) is 5.75 Å². The molecule has 1 amide bonds. The Morgan fingerprint density at radius 1 is 1.45 bits per heavy atom. The topological polar surface area (TPSA) is 64.3 Å². The van der Waals surface area contributed by atoms with Crippen LogP contribution in [0.15, 0.2) is 18.2 Å². The van der Waals surface area contributed by atoms with Gasteiger partial charge in [0, 0.05) is 12.2 Å². The largest absolute Gasteiger partial charge is 0.492 e. The number of ether oxygens (including phenoxy) is 1. The van der Waals surface area contributed by atoms with Gasteiger partial charge in [0.15, 0.2) is 0 Å². The fraction of sp³-hybridized carbons (Fsp3) is 0.533. The van der Waals surface area contributed by atoms with Crippen LogP contribution in [0, 0.1) is 11.8 Å². The van der Waals surface area contributed by atoms with E-state index in [0.717, 1.165) is 6.42 Å². The van der Waals surface area contributed by atoms with Crippen molar-refractivity contribution in [3.05, 3.63) is 23.2 Å². The first-order valence-electron chi connectivity index (χ1n) is 6.91. The molecule has 20 heavy (non-hydrogen) atoms. The maximum atomic E-state index is 12.1. The minimum atomic E-state index is -0.180. The fourth-order valence-electron chi connectivity index (χ4n) is 1.97. The van der Waals surface area contributed by atoms with Crippen molar-refractivity contribution < 1.29 is 9.53 Å². The third-order valence-electron chi connectivity index (χ3n) is 2.91. The number of nitrogens with one attached hydrogen (secondary N) is 1. The second-order valence-electron chi connectivity index (χ2n) is 5.13. The van der Waals surface area contributed by atoms with Crippen molar-refractivity contribution >= 4 is 23.2 Å². The lowest BCUT2D eigenvalue weighted by atomic mass is 9.96. The van der Waals surface area contributed by atoms with E-state index in [-0.39, 0.29) is 11.8 Å². The maximum absolute atomic E-state index is 12.1. The number of hydrogen-bond donors (Lipinski definition) is 2. The molecule has 112 valence electrons. The van der Waals surface area contributed by atoms with Gasteiger partial charge in [0.1, 0.15) is 5.75 Å². The van der Waals surface area contributed by atoms with Crippen LogP contribution in [0.25, 0.3) is 0 Å². The molecule has 0 heterocycles. The number of carbonyl (C=O) groups excluding carboxylic acids is 1. The quantitative estimate of drug-likeness (QED) is 0.812. The van der Waals surface area contributed by atoms with Crippen LogP contribution in [0.4, 0.5) is 5.69 Å². The van der Waals surface area contributed by atoms with Crippen LogP contribution in [-0.2, 0) is 4.79 Å². The molecule has 0 bridgehead atoms. The van der Waals surface area contributed by atoms with E-state index < -0.39 is 0 Å². The summed E-state index contributed by atoms with van der Waals surface area (Å²) in [6.07, 6.45) is 0.771. The summed E-state index contributed by atoms with van der Waals surface area (Å²) >= 11 is 6.09. The van der Waals surface area contributed by atoms with Crippen LogP contribution >= 0.6 is 11.6 Å². The third-order valence-corrected chi connectivity index (χ3v) is 3.21. The van der Waals surface area contributed by atoms with Crippen molar-refractivity contribution in [3.8, 4) is 5.75 Å². The molecule has 0 saturated carbocycles. The summed E-state index contributed by atoms with van der Waals surface area (Å²) in [5.41, 5.74) is 6.32. The molecule has 3 N–H and O–H groups in total. The van der Waals surface area contributed by atoms with Crippen molar-refractivity contribution in [1.82, 2.24) is 0 Å². The third kappa shape index (κ3) is 5.02. The van der Waals surface area contributed by atoms with Gasteiger partial charge in [-0.05, 0) is 37.5 Å². The van der Waals surface area contributed by atoms with E-state index in [1.807, 2.05) is 6.92 Å². The first kappa shape index (κ1) is 16.8. The Morgan fingerprint density at radius 3 is 2.65 bits per heavy atom. The Kier molecular flexibility index (Phi) is 6.82. The minimum absolute atomic E-state index is 0.0681. The molecule has 0 radical (unpaired) electrons. The average molecular weight is 299 g/mol. The highest BCUT2D eigenvalue weighted by Crippen LogP contribution is 2.28. The van der Waals surface area contributed by atoms with Crippen LogP contribution in [0.1, 0.15) is 27.2 Å². The highest BCUT2D eigenvalue weighted by Gasteiger charge is 2.18. The number of nitrogens with two attached hydrogens (primary N) is 1. The molecule has 0 fully saturated rings. The molecule has 0 saturated heterocycles. The summed E-state index contributed by atoms with van der Waals surface area (Å²) in [5, 5.41) is 3.33. The second kappa shape index (κ2) is 8.12. The molecule has 0 spiro atoms. The lowest BCUT2D eigenvalue weighted by Crippen LogP contribution is -2.30. The van der Waals surface area contributed by atoms with Crippen LogP contribution < -0.4 is 15.8 Å². The maximum Gasteiger partial charge on any atom is 0.228 e. The summed E-state index contributed by atoms with van der Waals surface area (Å²) in [4.78, 5) is 12.1. The zero-order valence-corrected chi connectivity index (χ0v) is 13.0. The Labute approximate surface area is 125 Å². The molecule has 4 nitrogen and oxygen atoms in total. The molecule has 5 heteroatoms. The summed E-state index contributed by atoms with van der Waals surface area (Å²) in [6.45, 7) is 6.93. The van der Waals surface area contributed by atoms with Gasteiger partial charge in [-0.15, -0.1) is 0 Å². The monoisotopic (exact) mass is 298 g/mol. The number of amides is 1. The van der Waals surface area contributed by atoms with Crippen LogP contribution in [-0.4, -0.2) is 19.1 Å². The number of anilines is 1. The number of rotatable bonds is 7. The van der Waals surface area contributed by atoms with Crippen molar-refractivity contribution in [2.24, 2.45) is 17.6 Å². The van der Waals surface area contributed by atoms with Crippen molar-refractivity contribution in [2.45, 2.75) is 27.2 Å². The molecular weight excluding hydrogens is 276 g/mol. The van der Waals surface area contributed by atoms with Crippen molar-refractivity contribution in [3.63, 3.8) is 0 Å². The highest BCUT2D eigenvalue weighted by molar-refractivity contribution is 6.32. The molecule has 1 rings (SSSR count). The number of carbonyl (C=O) groups is 1. The molecule has 1 unspecified atom stereocenters. The zero-order chi connectivity index (χ0) is 15.1. The Bertz CT molecular complexity index is 449. The Morgan fingerprint density at radius 2 is 2.15 bits per heavy atom. The van der Waals surface area contributed by atoms with Gasteiger partial charge in [0.05, 0.1) is 17.5 Å². The molecule has 1 aromatic rings. The van der Waals surface area contributed by atoms with Gasteiger partial charge in [0.25, 0.3) is 0 Å². The molecule has 0 aliphatic carbocycles. The van der Waals surface area contributed by atoms with E-state index in [1.54, 1.807) is 18.2 Å². The van der Waals surface area contributed by atoms with E-state index in [2.05, 4.69) is 19.2 Å². The first-order valence-corrected chi connectivity index (χ1v) is 7.29. The lowest BCUT2D eigenvalue weighted by Gasteiger charge is -2.17. The van der Waals surface area contributed by atoms with Gasteiger partial charge in [-0.2, -0.15) is 0 Å². The Balaban J connectivity index is 2.72. The summed E-state index contributed by atoms with van der Waals surface area (Å²) < 4.78 is 5.35. The van der Waals surface area contributed by atoms with Gasteiger partial charge in [0.2, 0.25) is 5.91 Å². The van der Waals surface area contributed by atoms with Gasteiger partial charge >= 0.3 is 0 Å². The zero-order valence-electron chi connectivity index (χ0n) is 12.3. The Hall–Kier alpha value is -1.26. The highest BCUT2D eigenvalue weighted by atomic mass is 35.5. The molecule has 1 atom stereocenters. The van der Waals surface area contributed by atoms with Gasteiger partial charge < -0.3 is 15.8 Å². The normalized spacial score (nSPS) is 12.3. The second-order valence-corrected chi connectivity index (χ2v) is 5.54. The van der Waals surface area contributed by atoms with E-state index >= 15 is 0 Å². The first-order chi connectivity index (χ1) is 9.47. The van der Waals surface area contributed by atoms with E-state index in [1.165, 1.54) is 0 Å². The van der Waals surface area contributed by atoms with Crippen molar-refractivity contribution in [1.29, 1.82) is 0 Å². The predicted molar refractivity (Wildman–Crippen MR) is 83.3 cm³/mol. The van der Waals surface area contributed by atoms with Crippen LogP contribution in [0.2, 0.25) is 5.02 Å². The molecule has 0 aromatic heterocycles. The van der Waals surface area contributed by atoms with E-state index in [4.69, 9.17) is 22.1 Å².